The van der Waals surface area contributed by atoms with Crippen LogP contribution in [0.4, 0.5) is 0 Å². The van der Waals surface area contributed by atoms with Gasteiger partial charge in [-0.2, -0.15) is 0 Å². The van der Waals surface area contributed by atoms with Crippen LogP contribution < -0.4 is 5.32 Å². The summed E-state index contributed by atoms with van der Waals surface area (Å²) in [6.07, 6.45) is 8.31. The summed E-state index contributed by atoms with van der Waals surface area (Å²) in [5, 5.41) is 3.49. The van der Waals surface area contributed by atoms with Crippen LogP contribution in [0.3, 0.4) is 0 Å². The molecular weight excluding hydrogens is 170 g/mol. The molecule has 1 nitrogen and oxygen atoms in total. The number of nitrogens with one attached hydrogen (secondary N) is 1. The van der Waals surface area contributed by atoms with Crippen LogP contribution in [0, 0.1) is 0 Å². The minimum atomic E-state index is 0.833. The topological polar surface area (TPSA) is 12.0 Å². The summed E-state index contributed by atoms with van der Waals surface area (Å²) in [7, 11) is 0. The molecule has 74 valence electrons. The lowest BCUT2D eigenvalue weighted by Crippen LogP contribution is -2.16. The molecule has 14 heavy (non-hydrogen) atoms. The van der Waals surface area contributed by atoms with Gasteiger partial charge < -0.3 is 5.32 Å². The molecule has 0 bridgehead atoms. The molecule has 0 radical (unpaired) electrons. The largest absolute Gasteiger partial charge is 0.314 e. The van der Waals surface area contributed by atoms with Gasteiger partial charge in [0.25, 0.3) is 0 Å². The molecule has 1 aromatic carbocycles. The lowest BCUT2D eigenvalue weighted by molar-refractivity contribution is 0.691. The monoisotopic (exact) mass is 187 g/mol. The van der Waals surface area contributed by atoms with Crippen LogP contribution >= 0.6 is 0 Å². The van der Waals surface area contributed by atoms with Crippen LogP contribution in [-0.2, 0) is 0 Å². The Morgan fingerprint density at radius 2 is 2.00 bits per heavy atom. The van der Waals surface area contributed by atoms with E-state index in [0.29, 0.717) is 0 Å². The molecule has 0 aromatic heterocycles. The second-order valence-electron chi connectivity index (χ2n) is 3.83. The van der Waals surface area contributed by atoms with E-state index >= 15 is 0 Å². The summed E-state index contributed by atoms with van der Waals surface area (Å²) in [5.41, 5.74) is 1.29. The second-order valence-corrected chi connectivity index (χ2v) is 3.83. The van der Waals surface area contributed by atoms with Crippen molar-refractivity contribution >= 4 is 6.08 Å². The highest BCUT2D eigenvalue weighted by Crippen LogP contribution is 2.18. The quantitative estimate of drug-likeness (QED) is 0.699. The van der Waals surface area contributed by atoms with E-state index in [1.165, 1.54) is 18.4 Å². The molecule has 0 amide bonds. The van der Waals surface area contributed by atoms with Crippen molar-refractivity contribution in [2.45, 2.75) is 25.3 Å². The Balaban J connectivity index is 1.66. The van der Waals surface area contributed by atoms with Gasteiger partial charge in [-0.25, -0.2) is 0 Å². The molecule has 0 atom stereocenters. The van der Waals surface area contributed by atoms with Gasteiger partial charge in [-0.15, -0.1) is 0 Å². The first-order chi connectivity index (χ1) is 6.95. The zero-order chi connectivity index (χ0) is 9.64. The Morgan fingerprint density at radius 3 is 2.71 bits per heavy atom. The van der Waals surface area contributed by atoms with Crippen molar-refractivity contribution in [3.63, 3.8) is 0 Å². The van der Waals surface area contributed by atoms with Crippen molar-refractivity contribution in [1.29, 1.82) is 0 Å². The third kappa shape index (κ3) is 3.35. The van der Waals surface area contributed by atoms with E-state index < -0.39 is 0 Å². The molecule has 1 fully saturated rings. The number of benzene rings is 1. The molecule has 0 heterocycles. The summed E-state index contributed by atoms with van der Waals surface area (Å²) in [5.74, 6) is 0. The maximum atomic E-state index is 3.49. The third-order valence-corrected chi connectivity index (χ3v) is 2.43. The lowest BCUT2D eigenvalue weighted by Gasteiger charge is -1.97. The van der Waals surface area contributed by atoms with Gasteiger partial charge in [-0.05, 0) is 31.4 Å². The van der Waals surface area contributed by atoms with E-state index in [9.17, 15) is 0 Å². The zero-order valence-corrected chi connectivity index (χ0v) is 8.45. The fourth-order valence-electron chi connectivity index (χ4n) is 1.44. The fraction of sp³-hybridized carbons (Fsp3) is 0.385. The van der Waals surface area contributed by atoms with Crippen molar-refractivity contribution in [2.24, 2.45) is 0 Å². The third-order valence-electron chi connectivity index (χ3n) is 2.43. The molecule has 1 aliphatic rings. The first kappa shape index (κ1) is 9.47. The molecular formula is C13H17N. The Bertz CT molecular complexity index is 285. The second kappa shape index (κ2) is 4.97. The Kier molecular flexibility index (Phi) is 3.36. The molecule has 2 rings (SSSR count). The fourth-order valence-corrected chi connectivity index (χ4v) is 1.44. The van der Waals surface area contributed by atoms with E-state index in [1.807, 2.05) is 6.07 Å². The standard InChI is InChI=1S/C13H17N/c1-2-6-12(7-3-1)8-4-5-11-14-13-9-10-13/h1-4,6-8,13-14H,5,9-11H2. The first-order valence-corrected chi connectivity index (χ1v) is 5.40. The summed E-state index contributed by atoms with van der Waals surface area (Å²) in [6, 6.07) is 11.3. The average molecular weight is 187 g/mol. The maximum Gasteiger partial charge on any atom is 0.00683 e. The van der Waals surface area contributed by atoms with Gasteiger partial charge in [0.05, 0.1) is 0 Å². The average Bonchev–Trinajstić information content (AvgIpc) is 3.03. The minimum Gasteiger partial charge on any atom is -0.314 e. The van der Waals surface area contributed by atoms with E-state index in [4.69, 9.17) is 0 Å². The number of hydrogen-bond donors (Lipinski definition) is 1. The predicted molar refractivity (Wildman–Crippen MR) is 61.1 cm³/mol. The normalized spacial score (nSPS) is 16.3. The highest BCUT2D eigenvalue weighted by Gasteiger charge is 2.19. The van der Waals surface area contributed by atoms with E-state index in [-0.39, 0.29) is 0 Å². The SMILES string of the molecule is C(=Cc1ccccc1)CCNC1CC1. The van der Waals surface area contributed by atoms with Gasteiger partial charge in [-0.1, -0.05) is 42.5 Å². The highest BCUT2D eigenvalue weighted by atomic mass is 14.9. The molecule has 1 aliphatic carbocycles. The summed E-state index contributed by atoms with van der Waals surface area (Å²) in [4.78, 5) is 0. The van der Waals surface area contributed by atoms with Crippen LogP contribution in [0.15, 0.2) is 36.4 Å². The van der Waals surface area contributed by atoms with Gasteiger partial charge in [0.15, 0.2) is 0 Å². The molecule has 1 N–H and O–H groups in total. The summed E-state index contributed by atoms with van der Waals surface area (Å²) in [6.45, 7) is 1.12. The van der Waals surface area contributed by atoms with Gasteiger partial charge >= 0.3 is 0 Å². The van der Waals surface area contributed by atoms with Gasteiger partial charge in [-0.3, -0.25) is 0 Å². The first-order valence-electron chi connectivity index (χ1n) is 5.40. The van der Waals surface area contributed by atoms with Crippen molar-refractivity contribution in [2.75, 3.05) is 6.54 Å². The van der Waals surface area contributed by atoms with Gasteiger partial charge in [0.1, 0.15) is 0 Å². The molecule has 0 unspecified atom stereocenters. The summed E-state index contributed by atoms with van der Waals surface area (Å²) >= 11 is 0. The lowest BCUT2D eigenvalue weighted by atomic mass is 10.2. The zero-order valence-electron chi connectivity index (χ0n) is 8.45. The van der Waals surface area contributed by atoms with E-state index in [0.717, 1.165) is 19.0 Å². The van der Waals surface area contributed by atoms with Gasteiger partial charge in [0.2, 0.25) is 0 Å². The smallest absolute Gasteiger partial charge is 0.00683 e. The molecule has 1 aromatic rings. The van der Waals surface area contributed by atoms with Crippen LogP contribution in [-0.4, -0.2) is 12.6 Å². The highest BCUT2D eigenvalue weighted by molar-refractivity contribution is 5.48. The Labute approximate surface area is 85.8 Å². The van der Waals surface area contributed by atoms with Crippen molar-refractivity contribution < 1.29 is 0 Å². The van der Waals surface area contributed by atoms with Gasteiger partial charge in [0, 0.05) is 6.04 Å². The maximum absolute atomic E-state index is 3.49. The molecule has 1 saturated carbocycles. The van der Waals surface area contributed by atoms with Crippen LogP contribution in [0.25, 0.3) is 6.08 Å². The van der Waals surface area contributed by atoms with Crippen LogP contribution in [0.1, 0.15) is 24.8 Å². The van der Waals surface area contributed by atoms with Crippen molar-refractivity contribution in [1.82, 2.24) is 5.32 Å². The summed E-state index contributed by atoms with van der Waals surface area (Å²) < 4.78 is 0. The van der Waals surface area contributed by atoms with Crippen molar-refractivity contribution in [3.05, 3.63) is 42.0 Å². The van der Waals surface area contributed by atoms with E-state index in [1.54, 1.807) is 0 Å². The van der Waals surface area contributed by atoms with Crippen LogP contribution in [0.5, 0.6) is 0 Å². The number of rotatable bonds is 5. The predicted octanol–water partition coefficient (Wildman–Crippen LogP) is 2.84. The molecule has 0 spiro atoms. The van der Waals surface area contributed by atoms with Crippen LogP contribution in [0.2, 0.25) is 0 Å². The van der Waals surface area contributed by atoms with Crippen molar-refractivity contribution in [3.8, 4) is 0 Å². The molecule has 0 aliphatic heterocycles. The van der Waals surface area contributed by atoms with E-state index in [2.05, 4.69) is 41.7 Å². The Hall–Kier alpha value is -1.08. The minimum absolute atomic E-state index is 0.833. The Morgan fingerprint density at radius 1 is 1.21 bits per heavy atom. The molecule has 0 saturated heterocycles. The molecule has 1 heteroatoms. The number of hydrogen-bond acceptors (Lipinski definition) is 1.